The summed E-state index contributed by atoms with van der Waals surface area (Å²) in [6.45, 7) is 2.23. The number of rotatable bonds is 7. The minimum Gasteiger partial charge on any atom is -0.321 e. The zero-order chi connectivity index (χ0) is 44.7. The Morgan fingerprint density at radius 1 is 0.574 bits per heavy atom. The number of benzene rings is 7. The lowest BCUT2D eigenvalue weighted by Crippen LogP contribution is -2.25. The van der Waals surface area contributed by atoms with Gasteiger partial charge in [0.1, 0.15) is 12.5 Å². The Hall–Kier alpha value is -6.91. The van der Waals surface area contributed by atoms with E-state index in [-0.39, 0.29) is 28.9 Å². The molecule has 10 rings (SSSR count). The Morgan fingerprint density at radius 2 is 1.24 bits per heavy atom. The third-order valence-electron chi connectivity index (χ3n) is 10.0. The molecule has 0 unspecified atom stereocenters. The van der Waals surface area contributed by atoms with Crippen molar-refractivity contribution in [2.45, 2.75) is 13.3 Å². The number of hydrogen-bond acceptors (Lipinski definition) is 3. The summed E-state index contributed by atoms with van der Waals surface area (Å²) in [6, 6.07) is 35.1. The summed E-state index contributed by atoms with van der Waals surface area (Å²) < 4.78 is 89.2. The van der Waals surface area contributed by atoms with Crippen LogP contribution in [0.4, 0.5) is 22.7 Å². The van der Waals surface area contributed by atoms with Gasteiger partial charge in [-0.05, 0) is 89.7 Å². The van der Waals surface area contributed by atoms with Crippen molar-refractivity contribution in [3.05, 3.63) is 205 Å². The Morgan fingerprint density at radius 3 is 1.96 bits per heavy atom. The van der Waals surface area contributed by atoms with Gasteiger partial charge in [-0.3, -0.25) is 4.57 Å². The van der Waals surface area contributed by atoms with Crippen molar-refractivity contribution in [1.82, 2.24) is 9.55 Å². The van der Waals surface area contributed by atoms with Crippen LogP contribution in [0.25, 0.3) is 49.9 Å². The molecular formula is C50H38N4. The molecule has 0 atom stereocenters. The van der Waals surface area contributed by atoms with E-state index >= 15 is 0 Å². The first kappa shape index (κ1) is 22.9. The van der Waals surface area contributed by atoms with Gasteiger partial charge >= 0.3 is 0 Å². The number of aryl methyl sites for hydroxylation is 1. The Balaban J connectivity index is 1.12. The molecule has 0 radical (unpaired) electrons. The quantitative estimate of drug-likeness (QED) is 0.165. The molecule has 0 spiro atoms. The lowest BCUT2D eigenvalue weighted by Gasteiger charge is -2.27. The molecule has 258 valence electrons. The molecule has 7 aromatic carbocycles. The van der Waals surface area contributed by atoms with E-state index < -0.39 is 60.4 Å². The molecule has 3 heterocycles. The molecule has 0 bridgehead atoms. The largest absolute Gasteiger partial charge is 0.321 e. The zero-order valence-electron chi connectivity index (χ0n) is 39.3. The summed E-state index contributed by atoms with van der Waals surface area (Å²) in [5.74, 6) is 0.837. The average molecular weight is 705 g/mol. The van der Waals surface area contributed by atoms with Crippen LogP contribution in [0.1, 0.15) is 30.4 Å². The standard InChI is InChI=1S/C50H38N4/c1-35-29-37(31-36-26-27-44-43-19-8-9-22-45(43)54(48(44)33-36)49-25-12-13-28-51-49)32-40(30-35)52-34-53(47-24-11-10-23-46(47)52)50-41(38-15-4-2-5-16-38)20-14-21-42(50)39-17-6-3-7-18-39/h2-30,32-33H,31,34H2,1H3/i2D,3D,4D,5D,6D,7D,15D,16D,17D,18D. The Labute approximate surface area is 329 Å². The van der Waals surface area contributed by atoms with E-state index in [1.165, 1.54) is 0 Å². The molecule has 4 nitrogen and oxygen atoms in total. The monoisotopic (exact) mass is 704 g/mol. The SMILES string of the molecule is [2H]c1c([2H])c([2H])c(-c2cccc(-c3c([2H])c([2H])c([2H])c([2H])c3[2H])c2N2CN(c3cc(C)cc(Cc4ccc5c6ccccc6n(-c6ccccn6)c5c4)c3)c3ccccc32)c([2H])c1[2H]. The molecule has 4 heteroatoms. The van der Waals surface area contributed by atoms with Crippen LogP contribution in [0.3, 0.4) is 0 Å². The summed E-state index contributed by atoms with van der Waals surface area (Å²) in [4.78, 5) is 8.78. The van der Waals surface area contributed by atoms with Crippen LogP contribution in [0.2, 0.25) is 0 Å². The lowest BCUT2D eigenvalue weighted by molar-refractivity contribution is 0.988. The molecule has 0 saturated carbocycles. The fourth-order valence-electron chi connectivity index (χ4n) is 7.83. The van der Waals surface area contributed by atoms with Crippen molar-refractivity contribution in [2.75, 3.05) is 16.5 Å². The highest BCUT2D eigenvalue weighted by molar-refractivity contribution is 6.09. The molecule has 9 aromatic rings. The normalized spacial score (nSPS) is 15.1. The number of pyridine rings is 1. The highest BCUT2D eigenvalue weighted by Gasteiger charge is 2.31. The molecule has 2 aromatic heterocycles. The van der Waals surface area contributed by atoms with Gasteiger partial charge < -0.3 is 9.80 Å². The fraction of sp³-hybridized carbons (Fsp3) is 0.0600. The molecule has 0 N–H and O–H groups in total. The molecule has 0 saturated heterocycles. The van der Waals surface area contributed by atoms with Gasteiger partial charge in [0.2, 0.25) is 0 Å². The maximum absolute atomic E-state index is 9.02. The third-order valence-corrected chi connectivity index (χ3v) is 10.0. The molecular weight excluding hydrogens is 657 g/mol. The van der Waals surface area contributed by atoms with Crippen molar-refractivity contribution in [3.63, 3.8) is 0 Å². The third kappa shape index (κ3) is 5.51. The predicted molar refractivity (Wildman–Crippen MR) is 225 cm³/mol. The summed E-state index contributed by atoms with van der Waals surface area (Å²) in [5, 5.41) is 2.28. The van der Waals surface area contributed by atoms with Gasteiger partial charge in [-0.1, -0.05) is 133 Å². The Kier molecular flexibility index (Phi) is 5.62. The first-order valence-electron chi connectivity index (χ1n) is 22.8. The fourth-order valence-corrected chi connectivity index (χ4v) is 7.83. The van der Waals surface area contributed by atoms with Gasteiger partial charge in [-0.15, -0.1) is 0 Å². The van der Waals surface area contributed by atoms with Crippen LogP contribution in [-0.2, 0) is 6.42 Å². The Bertz CT molecular complexity index is 3240. The number of hydrogen-bond donors (Lipinski definition) is 0. The van der Waals surface area contributed by atoms with E-state index in [1.54, 1.807) is 24.4 Å². The summed E-state index contributed by atoms with van der Waals surface area (Å²) in [6.07, 6.45) is 2.43. The highest BCUT2D eigenvalue weighted by Crippen LogP contribution is 2.50. The van der Waals surface area contributed by atoms with Crippen LogP contribution in [0, 0.1) is 6.92 Å². The van der Waals surface area contributed by atoms with Crippen molar-refractivity contribution in [3.8, 4) is 28.1 Å². The summed E-state index contributed by atoms with van der Waals surface area (Å²) >= 11 is 0. The van der Waals surface area contributed by atoms with Crippen molar-refractivity contribution < 1.29 is 13.7 Å². The number of anilines is 4. The zero-order valence-corrected chi connectivity index (χ0v) is 29.3. The minimum atomic E-state index is -0.537. The lowest BCUT2D eigenvalue weighted by atomic mass is 9.95. The van der Waals surface area contributed by atoms with Gasteiger partial charge in [0, 0.05) is 33.8 Å². The van der Waals surface area contributed by atoms with Crippen LogP contribution in [0.15, 0.2) is 188 Å². The molecule has 0 aliphatic carbocycles. The number of para-hydroxylation sites is 4. The van der Waals surface area contributed by atoms with E-state index in [2.05, 4.69) is 71.0 Å². The van der Waals surface area contributed by atoms with E-state index in [9.17, 15) is 0 Å². The average Bonchev–Trinajstić information content (AvgIpc) is 3.85. The van der Waals surface area contributed by atoms with Crippen LogP contribution < -0.4 is 9.80 Å². The minimum absolute atomic E-state index is 0.0666. The van der Waals surface area contributed by atoms with Gasteiger partial charge in [0.25, 0.3) is 0 Å². The van der Waals surface area contributed by atoms with Crippen molar-refractivity contribution >= 4 is 44.6 Å². The number of aromatic nitrogens is 2. The molecule has 1 aliphatic rings. The first-order chi connectivity index (χ1) is 30.8. The number of nitrogens with zero attached hydrogens (tertiary/aromatic N) is 4. The van der Waals surface area contributed by atoms with Crippen molar-refractivity contribution in [1.29, 1.82) is 0 Å². The van der Waals surface area contributed by atoms with E-state index in [0.717, 1.165) is 55.7 Å². The smallest absolute Gasteiger partial charge is 0.137 e. The van der Waals surface area contributed by atoms with E-state index in [1.807, 2.05) is 53.4 Å². The molecule has 54 heavy (non-hydrogen) atoms. The highest BCUT2D eigenvalue weighted by atomic mass is 15.4. The van der Waals surface area contributed by atoms with Crippen LogP contribution in [0.5, 0.6) is 0 Å². The first-order valence-corrected chi connectivity index (χ1v) is 17.8. The topological polar surface area (TPSA) is 24.3 Å². The molecule has 0 amide bonds. The van der Waals surface area contributed by atoms with Gasteiger partial charge in [-0.2, -0.15) is 0 Å². The maximum Gasteiger partial charge on any atom is 0.137 e. The van der Waals surface area contributed by atoms with Crippen LogP contribution >= 0.6 is 0 Å². The predicted octanol–water partition coefficient (Wildman–Crippen LogP) is 12.7. The second kappa shape index (κ2) is 13.3. The number of fused-ring (bicyclic) bond motifs is 4. The van der Waals surface area contributed by atoms with Gasteiger partial charge in [0.15, 0.2) is 0 Å². The summed E-state index contributed by atoms with van der Waals surface area (Å²) in [7, 11) is 0. The molecule has 0 fully saturated rings. The van der Waals surface area contributed by atoms with Gasteiger partial charge in [0.05, 0.1) is 41.8 Å². The second-order valence-corrected chi connectivity index (χ2v) is 13.4. The summed E-state index contributed by atoms with van der Waals surface area (Å²) in [5.41, 5.74) is 8.48. The van der Waals surface area contributed by atoms with Crippen LogP contribution in [-0.4, -0.2) is 16.2 Å². The van der Waals surface area contributed by atoms with E-state index in [0.29, 0.717) is 17.8 Å². The van der Waals surface area contributed by atoms with E-state index in [4.69, 9.17) is 18.7 Å². The molecule has 1 aliphatic heterocycles. The van der Waals surface area contributed by atoms with Crippen molar-refractivity contribution in [2.24, 2.45) is 0 Å². The van der Waals surface area contributed by atoms with Gasteiger partial charge in [-0.25, -0.2) is 4.98 Å². The maximum atomic E-state index is 9.02. The second-order valence-electron chi connectivity index (χ2n) is 13.4.